The molecule has 0 saturated carbocycles. The van der Waals surface area contributed by atoms with E-state index in [9.17, 15) is 18.0 Å². The minimum atomic E-state index is -3.51. The first kappa shape index (κ1) is 26.9. The minimum Gasteiger partial charge on any atom is -0.462 e. The smallest absolute Gasteiger partial charge is 0.338 e. The summed E-state index contributed by atoms with van der Waals surface area (Å²) in [5.74, 6) is -0.699. The predicted molar refractivity (Wildman–Crippen MR) is 143 cm³/mol. The van der Waals surface area contributed by atoms with E-state index in [2.05, 4.69) is 5.32 Å². The zero-order valence-electron chi connectivity index (χ0n) is 21.1. The predicted octanol–water partition coefficient (Wildman–Crippen LogP) is 5.48. The number of hydrogen-bond acceptors (Lipinski definition) is 5. The molecule has 0 aliphatic rings. The van der Waals surface area contributed by atoms with Crippen molar-refractivity contribution in [1.82, 2.24) is 0 Å². The largest absolute Gasteiger partial charge is 0.462 e. The van der Waals surface area contributed by atoms with Crippen LogP contribution in [0.15, 0.2) is 66.7 Å². The van der Waals surface area contributed by atoms with E-state index in [1.54, 1.807) is 54.6 Å². The van der Waals surface area contributed by atoms with Crippen molar-refractivity contribution in [2.24, 2.45) is 0 Å². The third-order valence-corrected chi connectivity index (χ3v) is 6.97. The molecule has 3 rings (SSSR count). The molecular formula is C28H32N2O5S. The van der Waals surface area contributed by atoms with Crippen LogP contribution >= 0.6 is 0 Å². The third-order valence-electron chi connectivity index (χ3n) is 5.83. The Morgan fingerprint density at radius 1 is 0.889 bits per heavy atom. The maximum absolute atomic E-state index is 12.7. The summed E-state index contributed by atoms with van der Waals surface area (Å²) in [5.41, 5.74) is 4.85. The van der Waals surface area contributed by atoms with Crippen molar-refractivity contribution in [3.05, 3.63) is 94.5 Å². The number of esters is 1. The van der Waals surface area contributed by atoms with Gasteiger partial charge in [-0.25, -0.2) is 13.2 Å². The highest BCUT2D eigenvalue weighted by molar-refractivity contribution is 7.92. The van der Waals surface area contributed by atoms with E-state index in [0.29, 0.717) is 29.1 Å². The monoisotopic (exact) mass is 508 g/mol. The number of sulfonamides is 1. The van der Waals surface area contributed by atoms with Crippen LogP contribution in [0.25, 0.3) is 0 Å². The highest BCUT2D eigenvalue weighted by atomic mass is 32.2. The highest BCUT2D eigenvalue weighted by Crippen LogP contribution is 2.24. The molecule has 0 bridgehead atoms. The van der Waals surface area contributed by atoms with Crippen molar-refractivity contribution in [3.8, 4) is 0 Å². The van der Waals surface area contributed by atoms with Crippen LogP contribution in [0.1, 0.15) is 57.2 Å². The summed E-state index contributed by atoms with van der Waals surface area (Å²) in [6, 6.07) is 18.9. The van der Waals surface area contributed by atoms with E-state index in [0.717, 1.165) is 29.5 Å². The summed E-state index contributed by atoms with van der Waals surface area (Å²) in [5, 5.41) is 2.80. The van der Waals surface area contributed by atoms with Gasteiger partial charge in [-0.05, 0) is 85.5 Å². The van der Waals surface area contributed by atoms with Gasteiger partial charge >= 0.3 is 5.97 Å². The van der Waals surface area contributed by atoms with Gasteiger partial charge in [-0.15, -0.1) is 0 Å². The van der Waals surface area contributed by atoms with Gasteiger partial charge in [0.05, 0.1) is 30.7 Å². The van der Waals surface area contributed by atoms with Gasteiger partial charge in [0.25, 0.3) is 5.91 Å². The molecule has 0 aliphatic carbocycles. The molecule has 7 nitrogen and oxygen atoms in total. The van der Waals surface area contributed by atoms with Gasteiger partial charge in [0.15, 0.2) is 0 Å². The second kappa shape index (κ2) is 11.9. The molecule has 0 saturated heterocycles. The van der Waals surface area contributed by atoms with Crippen LogP contribution in [0, 0.1) is 13.8 Å². The lowest BCUT2D eigenvalue weighted by molar-refractivity contribution is 0.0499. The first-order valence-electron chi connectivity index (χ1n) is 11.8. The fourth-order valence-corrected chi connectivity index (χ4v) is 4.37. The molecule has 0 unspecified atom stereocenters. The lowest BCUT2D eigenvalue weighted by Gasteiger charge is -2.23. The molecule has 3 aromatic carbocycles. The zero-order chi connectivity index (χ0) is 26.3. The number of anilines is 2. The van der Waals surface area contributed by atoms with Crippen LogP contribution in [0.2, 0.25) is 0 Å². The molecular weight excluding hydrogens is 476 g/mol. The van der Waals surface area contributed by atoms with Crippen molar-refractivity contribution in [1.29, 1.82) is 0 Å². The number of hydrogen-bond donors (Lipinski definition) is 1. The van der Waals surface area contributed by atoms with Crippen LogP contribution in [-0.4, -0.2) is 33.2 Å². The standard InChI is InChI=1S/C28H32N2O5S/c1-5-6-17-35-28(32)24-12-14-25(15-13-24)29-27(31)23-10-8-22(9-11-23)19-30(36(4,33)34)26-16-7-20(2)21(3)18-26/h7-16,18H,5-6,17,19H2,1-4H3,(H,29,31). The van der Waals surface area contributed by atoms with Gasteiger partial charge in [0.2, 0.25) is 10.0 Å². The van der Waals surface area contributed by atoms with E-state index in [1.807, 2.05) is 32.9 Å². The number of carbonyl (C=O) groups is 2. The first-order valence-corrected chi connectivity index (χ1v) is 13.7. The number of amides is 1. The van der Waals surface area contributed by atoms with Crippen molar-refractivity contribution >= 4 is 33.3 Å². The SMILES string of the molecule is CCCCOC(=O)c1ccc(NC(=O)c2ccc(CN(c3ccc(C)c(C)c3)S(C)(=O)=O)cc2)cc1. The summed E-state index contributed by atoms with van der Waals surface area (Å²) in [7, 11) is -3.51. The molecule has 0 aromatic heterocycles. The van der Waals surface area contributed by atoms with Gasteiger partial charge in [-0.2, -0.15) is 0 Å². The van der Waals surface area contributed by atoms with Crippen molar-refractivity contribution in [3.63, 3.8) is 0 Å². The van der Waals surface area contributed by atoms with Gasteiger partial charge in [0, 0.05) is 11.3 Å². The topological polar surface area (TPSA) is 92.8 Å². The van der Waals surface area contributed by atoms with Crippen molar-refractivity contribution in [2.75, 3.05) is 22.5 Å². The number of nitrogens with one attached hydrogen (secondary N) is 1. The Hall–Kier alpha value is -3.65. The zero-order valence-corrected chi connectivity index (χ0v) is 21.9. The molecule has 36 heavy (non-hydrogen) atoms. The molecule has 190 valence electrons. The number of unbranched alkanes of at least 4 members (excludes halogenated alkanes) is 1. The second-order valence-electron chi connectivity index (χ2n) is 8.76. The molecule has 1 N–H and O–H groups in total. The summed E-state index contributed by atoms with van der Waals surface area (Å²) in [6.45, 7) is 6.48. The molecule has 0 aliphatic heterocycles. The molecule has 0 heterocycles. The van der Waals surface area contributed by atoms with Crippen LogP contribution < -0.4 is 9.62 Å². The van der Waals surface area contributed by atoms with E-state index < -0.39 is 10.0 Å². The van der Waals surface area contributed by atoms with Gasteiger partial charge < -0.3 is 10.1 Å². The first-order chi connectivity index (χ1) is 17.1. The number of nitrogens with zero attached hydrogens (tertiary/aromatic N) is 1. The number of carbonyl (C=O) groups excluding carboxylic acids is 2. The lowest BCUT2D eigenvalue weighted by Crippen LogP contribution is -2.29. The Morgan fingerprint density at radius 3 is 2.11 bits per heavy atom. The third kappa shape index (κ3) is 7.18. The van der Waals surface area contributed by atoms with Gasteiger partial charge in [-0.1, -0.05) is 31.5 Å². The lowest BCUT2D eigenvalue weighted by atomic mass is 10.1. The highest BCUT2D eigenvalue weighted by Gasteiger charge is 2.19. The summed E-state index contributed by atoms with van der Waals surface area (Å²) in [6.07, 6.45) is 2.94. The van der Waals surface area contributed by atoms with Crippen LogP contribution in [0.3, 0.4) is 0 Å². The average molecular weight is 509 g/mol. The number of rotatable bonds is 10. The summed E-state index contributed by atoms with van der Waals surface area (Å²) in [4.78, 5) is 24.7. The minimum absolute atomic E-state index is 0.152. The number of benzene rings is 3. The molecule has 0 spiro atoms. The quantitative estimate of drug-likeness (QED) is 0.289. The molecule has 3 aromatic rings. The van der Waals surface area contributed by atoms with Gasteiger partial charge in [-0.3, -0.25) is 9.10 Å². The normalized spacial score (nSPS) is 11.1. The van der Waals surface area contributed by atoms with Crippen molar-refractivity contribution in [2.45, 2.75) is 40.2 Å². The second-order valence-corrected chi connectivity index (χ2v) is 10.7. The van der Waals surface area contributed by atoms with E-state index in [-0.39, 0.29) is 18.4 Å². The molecule has 1 amide bonds. The molecule has 8 heteroatoms. The van der Waals surface area contributed by atoms with E-state index >= 15 is 0 Å². The Morgan fingerprint density at radius 2 is 1.53 bits per heavy atom. The molecule has 0 atom stereocenters. The van der Waals surface area contributed by atoms with Gasteiger partial charge in [0.1, 0.15) is 0 Å². The van der Waals surface area contributed by atoms with E-state index in [4.69, 9.17) is 4.74 Å². The Balaban J connectivity index is 1.66. The maximum atomic E-state index is 12.7. The van der Waals surface area contributed by atoms with Crippen molar-refractivity contribution < 1.29 is 22.7 Å². The van der Waals surface area contributed by atoms with Crippen LogP contribution in [-0.2, 0) is 21.3 Å². The number of aryl methyl sites for hydroxylation is 2. The Kier molecular flexibility index (Phi) is 8.88. The molecule has 0 fully saturated rings. The summed E-state index contributed by atoms with van der Waals surface area (Å²) < 4.78 is 31.5. The molecule has 0 radical (unpaired) electrons. The fraction of sp³-hybridized carbons (Fsp3) is 0.286. The Bertz CT molecular complexity index is 1320. The Labute approximate surface area is 213 Å². The van der Waals surface area contributed by atoms with E-state index in [1.165, 1.54) is 10.6 Å². The average Bonchev–Trinajstić information content (AvgIpc) is 2.84. The fourth-order valence-electron chi connectivity index (χ4n) is 3.49. The van der Waals surface area contributed by atoms with Crippen LogP contribution in [0.4, 0.5) is 11.4 Å². The van der Waals surface area contributed by atoms with Crippen LogP contribution in [0.5, 0.6) is 0 Å². The summed E-state index contributed by atoms with van der Waals surface area (Å²) >= 11 is 0. The maximum Gasteiger partial charge on any atom is 0.338 e. The number of ether oxygens (including phenoxy) is 1.